The van der Waals surface area contributed by atoms with Crippen LogP contribution in [0.5, 0.6) is 0 Å². The standard InChI is InChI=1S/C16H15FN2O/c17-14-2-1-3-15(9-14)19-16(20)12-5-4-11-6-7-18-10-13(11)8-12/h1-5,8-9,18H,6-7,10H2,(H,19,20). The Morgan fingerprint density at radius 1 is 1.15 bits per heavy atom. The minimum absolute atomic E-state index is 0.219. The summed E-state index contributed by atoms with van der Waals surface area (Å²) in [4.78, 5) is 12.2. The van der Waals surface area contributed by atoms with Gasteiger partial charge in [-0.2, -0.15) is 0 Å². The SMILES string of the molecule is O=C(Nc1cccc(F)c1)c1ccc2c(c1)CNCC2. The highest BCUT2D eigenvalue weighted by Crippen LogP contribution is 2.17. The maximum atomic E-state index is 13.1. The second-order valence-electron chi connectivity index (χ2n) is 4.87. The molecule has 0 bridgehead atoms. The van der Waals surface area contributed by atoms with Gasteiger partial charge in [0.15, 0.2) is 0 Å². The quantitative estimate of drug-likeness (QED) is 0.881. The molecular formula is C16H15FN2O. The molecule has 1 aliphatic heterocycles. The first-order valence-electron chi connectivity index (χ1n) is 6.62. The predicted molar refractivity (Wildman–Crippen MR) is 76.2 cm³/mol. The van der Waals surface area contributed by atoms with Crippen molar-refractivity contribution < 1.29 is 9.18 Å². The van der Waals surface area contributed by atoms with E-state index in [1.807, 2.05) is 18.2 Å². The predicted octanol–water partition coefficient (Wildman–Crippen LogP) is 2.72. The third kappa shape index (κ3) is 2.70. The molecule has 2 aromatic rings. The molecule has 102 valence electrons. The summed E-state index contributed by atoms with van der Waals surface area (Å²) in [6.07, 6.45) is 0.987. The van der Waals surface area contributed by atoms with Gasteiger partial charge in [0.2, 0.25) is 0 Å². The Morgan fingerprint density at radius 2 is 2.05 bits per heavy atom. The van der Waals surface area contributed by atoms with Crippen LogP contribution in [0.15, 0.2) is 42.5 Å². The lowest BCUT2D eigenvalue weighted by atomic mass is 9.98. The van der Waals surface area contributed by atoms with Gasteiger partial charge in [0.25, 0.3) is 5.91 Å². The molecule has 0 saturated carbocycles. The third-order valence-corrected chi connectivity index (χ3v) is 3.44. The average Bonchev–Trinajstić information content (AvgIpc) is 2.47. The van der Waals surface area contributed by atoms with Gasteiger partial charge >= 0.3 is 0 Å². The van der Waals surface area contributed by atoms with Crippen molar-refractivity contribution in [1.82, 2.24) is 5.32 Å². The van der Waals surface area contributed by atoms with E-state index in [4.69, 9.17) is 0 Å². The van der Waals surface area contributed by atoms with Crippen LogP contribution < -0.4 is 10.6 Å². The smallest absolute Gasteiger partial charge is 0.255 e. The van der Waals surface area contributed by atoms with E-state index in [9.17, 15) is 9.18 Å². The average molecular weight is 270 g/mol. The van der Waals surface area contributed by atoms with Crippen molar-refractivity contribution in [3.8, 4) is 0 Å². The maximum absolute atomic E-state index is 13.1. The fourth-order valence-corrected chi connectivity index (χ4v) is 2.39. The van der Waals surface area contributed by atoms with Crippen molar-refractivity contribution >= 4 is 11.6 Å². The van der Waals surface area contributed by atoms with Crippen LogP contribution in [0, 0.1) is 5.82 Å². The van der Waals surface area contributed by atoms with Crippen molar-refractivity contribution in [3.05, 3.63) is 65.0 Å². The molecule has 4 heteroatoms. The van der Waals surface area contributed by atoms with Crippen LogP contribution in [-0.4, -0.2) is 12.5 Å². The Labute approximate surface area is 116 Å². The van der Waals surface area contributed by atoms with Gasteiger partial charge in [-0.1, -0.05) is 12.1 Å². The van der Waals surface area contributed by atoms with Crippen LogP contribution in [0.2, 0.25) is 0 Å². The second kappa shape index (κ2) is 5.43. The van der Waals surface area contributed by atoms with E-state index in [2.05, 4.69) is 10.6 Å². The van der Waals surface area contributed by atoms with Crippen molar-refractivity contribution in [1.29, 1.82) is 0 Å². The van der Waals surface area contributed by atoms with E-state index in [1.54, 1.807) is 12.1 Å². The number of anilines is 1. The minimum atomic E-state index is -0.363. The first-order valence-corrected chi connectivity index (χ1v) is 6.62. The lowest BCUT2D eigenvalue weighted by Gasteiger charge is -2.17. The van der Waals surface area contributed by atoms with Crippen molar-refractivity contribution in [3.63, 3.8) is 0 Å². The number of amides is 1. The van der Waals surface area contributed by atoms with Gasteiger partial charge in [-0.25, -0.2) is 4.39 Å². The highest BCUT2D eigenvalue weighted by Gasteiger charge is 2.12. The van der Waals surface area contributed by atoms with E-state index in [-0.39, 0.29) is 11.7 Å². The van der Waals surface area contributed by atoms with Gasteiger partial charge in [-0.3, -0.25) is 4.79 Å². The third-order valence-electron chi connectivity index (χ3n) is 3.44. The lowest BCUT2D eigenvalue weighted by molar-refractivity contribution is 0.102. The molecule has 0 fully saturated rings. The van der Waals surface area contributed by atoms with Gasteiger partial charge in [-0.15, -0.1) is 0 Å². The molecular weight excluding hydrogens is 255 g/mol. The number of nitrogens with one attached hydrogen (secondary N) is 2. The van der Waals surface area contributed by atoms with Crippen molar-refractivity contribution in [2.24, 2.45) is 0 Å². The molecule has 0 saturated heterocycles. The number of hydrogen-bond acceptors (Lipinski definition) is 2. The molecule has 1 aliphatic rings. The fraction of sp³-hybridized carbons (Fsp3) is 0.188. The Bertz CT molecular complexity index is 655. The highest BCUT2D eigenvalue weighted by molar-refractivity contribution is 6.04. The molecule has 0 atom stereocenters. The van der Waals surface area contributed by atoms with E-state index in [1.165, 1.54) is 17.7 Å². The number of hydrogen-bond donors (Lipinski definition) is 2. The molecule has 3 nitrogen and oxygen atoms in total. The first-order chi connectivity index (χ1) is 9.72. The number of fused-ring (bicyclic) bond motifs is 1. The summed E-state index contributed by atoms with van der Waals surface area (Å²) in [5, 5.41) is 5.99. The molecule has 2 N–H and O–H groups in total. The zero-order valence-corrected chi connectivity index (χ0v) is 10.9. The van der Waals surface area contributed by atoms with Gasteiger partial charge in [0.05, 0.1) is 0 Å². The molecule has 0 aliphatic carbocycles. The second-order valence-corrected chi connectivity index (χ2v) is 4.87. The topological polar surface area (TPSA) is 41.1 Å². The van der Waals surface area contributed by atoms with Crippen LogP contribution in [0.4, 0.5) is 10.1 Å². The normalized spacial score (nSPS) is 13.7. The molecule has 2 aromatic carbocycles. The molecule has 0 radical (unpaired) electrons. The monoisotopic (exact) mass is 270 g/mol. The Balaban J connectivity index is 1.80. The van der Waals surface area contributed by atoms with Crippen molar-refractivity contribution in [2.75, 3.05) is 11.9 Å². The molecule has 1 amide bonds. The summed E-state index contributed by atoms with van der Waals surface area (Å²) in [7, 11) is 0. The first kappa shape index (κ1) is 12.8. The summed E-state index contributed by atoms with van der Waals surface area (Å²) in [6, 6.07) is 11.6. The molecule has 3 rings (SSSR count). The largest absolute Gasteiger partial charge is 0.322 e. The fourth-order valence-electron chi connectivity index (χ4n) is 2.39. The van der Waals surface area contributed by atoms with Gasteiger partial charge < -0.3 is 10.6 Å². The van der Waals surface area contributed by atoms with Crippen LogP contribution in [-0.2, 0) is 13.0 Å². The number of halogens is 1. The Morgan fingerprint density at radius 3 is 2.90 bits per heavy atom. The van der Waals surface area contributed by atoms with Crippen molar-refractivity contribution in [2.45, 2.75) is 13.0 Å². The lowest BCUT2D eigenvalue weighted by Crippen LogP contribution is -2.24. The van der Waals surface area contributed by atoms with E-state index < -0.39 is 0 Å². The van der Waals surface area contributed by atoms with E-state index >= 15 is 0 Å². The number of benzene rings is 2. The summed E-state index contributed by atoms with van der Waals surface area (Å²) >= 11 is 0. The zero-order chi connectivity index (χ0) is 13.9. The summed E-state index contributed by atoms with van der Waals surface area (Å²) in [5.41, 5.74) is 3.50. The Kier molecular flexibility index (Phi) is 3.48. The van der Waals surface area contributed by atoms with Gasteiger partial charge in [0, 0.05) is 17.8 Å². The van der Waals surface area contributed by atoms with Gasteiger partial charge in [-0.05, 0) is 54.4 Å². The molecule has 1 heterocycles. The van der Waals surface area contributed by atoms with E-state index in [0.717, 1.165) is 25.1 Å². The highest BCUT2D eigenvalue weighted by atomic mass is 19.1. The number of rotatable bonds is 2. The van der Waals surface area contributed by atoms with Gasteiger partial charge in [0.1, 0.15) is 5.82 Å². The molecule has 0 unspecified atom stereocenters. The maximum Gasteiger partial charge on any atom is 0.255 e. The number of carbonyl (C=O) groups excluding carboxylic acids is 1. The molecule has 20 heavy (non-hydrogen) atoms. The summed E-state index contributed by atoms with van der Waals surface area (Å²) < 4.78 is 13.1. The van der Waals surface area contributed by atoms with Crippen LogP contribution in [0.3, 0.4) is 0 Å². The van der Waals surface area contributed by atoms with Crippen LogP contribution in [0.1, 0.15) is 21.5 Å². The molecule has 0 spiro atoms. The summed E-state index contributed by atoms with van der Waals surface area (Å²) in [6.45, 7) is 1.76. The van der Waals surface area contributed by atoms with E-state index in [0.29, 0.717) is 11.3 Å². The number of carbonyl (C=O) groups is 1. The summed E-state index contributed by atoms with van der Waals surface area (Å²) in [5.74, 6) is -0.582. The van der Waals surface area contributed by atoms with Crippen LogP contribution >= 0.6 is 0 Å². The minimum Gasteiger partial charge on any atom is -0.322 e. The van der Waals surface area contributed by atoms with Crippen LogP contribution in [0.25, 0.3) is 0 Å². The zero-order valence-electron chi connectivity index (χ0n) is 10.9. The Hall–Kier alpha value is -2.20. The molecule has 0 aromatic heterocycles.